The van der Waals surface area contributed by atoms with Gasteiger partial charge in [-0.3, -0.25) is 9.59 Å². The van der Waals surface area contributed by atoms with E-state index in [0.717, 1.165) is 29.3 Å². The first kappa shape index (κ1) is 16.4. The quantitative estimate of drug-likeness (QED) is 0.515. The van der Waals surface area contributed by atoms with Gasteiger partial charge >= 0.3 is 0 Å². The molecule has 2 rings (SSSR count). The molecular formula is C18H16FNO3. The third kappa shape index (κ3) is 4.26. The number of anilines is 1. The first-order valence-electron chi connectivity index (χ1n) is 6.96. The first-order valence-corrected chi connectivity index (χ1v) is 6.96. The Bertz CT molecular complexity index is 779. The number of rotatable bonds is 4. The van der Waals surface area contributed by atoms with E-state index >= 15 is 0 Å². The summed E-state index contributed by atoms with van der Waals surface area (Å²) in [7, 11) is 0. The van der Waals surface area contributed by atoms with E-state index < -0.39 is 23.3 Å². The van der Waals surface area contributed by atoms with Gasteiger partial charge in [-0.05, 0) is 55.3 Å². The molecule has 0 atom stereocenters. The van der Waals surface area contributed by atoms with Crippen molar-refractivity contribution >= 4 is 23.1 Å². The van der Waals surface area contributed by atoms with Crippen LogP contribution in [0.4, 0.5) is 10.1 Å². The molecule has 0 aliphatic heterocycles. The van der Waals surface area contributed by atoms with Gasteiger partial charge in [-0.25, -0.2) is 4.39 Å². The number of amides is 1. The van der Waals surface area contributed by atoms with Crippen molar-refractivity contribution in [1.29, 1.82) is 0 Å². The molecule has 5 heteroatoms. The number of hydrogen-bond acceptors (Lipinski definition) is 3. The Morgan fingerprint density at radius 2 is 1.74 bits per heavy atom. The molecule has 0 aromatic heterocycles. The molecule has 118 valence electrons. The van der Waals surface area contributed by atoms with Crippen molar-refractivity contribution in [2.24, 2.45) is 0 Å². The van der Waals surface area contributed by atoms with Crippen LogP contribution in [0.3, 0.4) is 0 Å². The molecule has 1 amide bonds. The number of benzene rings is 2. The van der Waals surface area contributed by atoms with Gasteiger partial charge in [-0.1, -0.05) is 12.1 Å². The SMILES string of the molecule is Cc1ccc(C)c(NC(=O)C(=O)/C=C(\O)c2ccc(F)cc2)c1. The summed E-state index contributed by atoms with van der Waals surface area (Å²) in [6, 6.07) is 10.4. The van der Waals surface area contributed by atoms with Gasteiger partial charge in [0.25, 0.3) is 5.91 Å². The van der Waals surface area contributed by atoms with Crippen LogP contribution in [0.5, 0.6) is 0 Å². The molecule has 2 N–H and O–H groups in total. The summed E-state index contributed by atoms with van der Waals surface area (Å²) in [5.41, 5.74) is 2.56. The number of carbonyl (C=O) groups excluding carboxylic acids is 2. The highest BCUT2D eigenvalue weighted by molar-refractivity contribution is 6.45. The fourth-order valence-corrected chi connectivity index (χ4v) is 1.95. The molecule has 23 heavy (non-hydrogen) atoms. The van der Waals surface area contributed by atoms with E-state index in [4.69, 9.17) is 0 Å². The van der Waals surface area contributed by atoms with Gasteiger partial charge in [0.15, 0.2) is 0 Å². The van der Waals surface area contributed by atoms with Crippen LogP contribution < -0.4 is 5.32 Å². The van der Waals surface area contributed by atoms with Crippen molar-refractivity contribution in [1.82, 2.24) is 0 Å². The standard InChI is InChI=1S/C18H16FNO3/c1-11-3-4-12(2)15(9-11)20-18(23)17(22)10-16(21)13-5-7-14(19)8-6-13/h3-10,21H,1-2H3,(H,20,23)/b16-10-. The fraction of sp³-hybridized carbons (Fsp3) is 0.111. The maximum Gasteiger partial charge on any atom is 0.296 e. The zero-order valence-corrected chi connectivity index (χ0v) is 12.8. The van der Waals surface area contributed by atoms with Crippen LogP contribution >= 0.6 is 0 Å². The van der Waals surface area contributed by atoms with Crippen LogP contribution in [0.15, 0.2) is 48.5 Å². The predicted octanol–water partition coefficient (Wildman–Crippen LogP) is 3.55. The second-order valence-electron chi connectivity index (χ2n) is 5.17. The number of ketones is 1. The van der Waals surface area contributed by atoms with Crippen LogP contribution in [0.2, 0.25) is 0 Å². The lowest BCUT2D eigenvalue weighted by Crippen LogP contribution is -2.21. The molecule has 0 aliphatic rings. The minimum absolute atomic E-state index is 0.249. The van der Waals surface area contributed by atoms with Gasteiger partial charge in [-0.15, -0.1) is 0 Å². The predicted molar refractivity (Wildman–Crippen MR) is 86.6 cm³/mol. The number of aryl methyl sites for hydroxylation is 2. The van der Waals surface area contributed by atoms with Crippen molar-refractivity contribution in [2.75, 3.05) is 5.32 Å². The van der Waals surface area contributed by atoms with Gasteiger partial charge in [0.2, 0.25) is 5.78 Å². The normalized spacial score (nSPS) is 11.2. The summed E-state index contributed by atoms with van der Waals surface area (Å²) in [6.07, 6.45) is 0.813. The van der Waals surface area contributed by atoms with Crippen molar-refractivity contribution in [2.45, 2.75) is 13.8 Å². The van der Waals surface area contributed by atoms with Crippen molar-refractivity contribution in [3.05, 3.63) is 71.0 Å². The summed E-state index contributed by atoms with van der Waals surface area (Å²) in [6.45, 7) is 3.68. The monoisotopic (exact) mass is 313 g/mol. The summed E-state index contributed by atoms with van der Waals surface area (Å²) < 4.78 is 12.8. The maximum absolute atomic E-state index is 12.8. The van der Waals surface area contributed by atoms with Crippen LogP contribution in [0.1, 0.15) is 16.7 Å². The third-order valence-corrected chi connectivity index (χ3v) is 3.27. The number of halogens is 1. The molecule has 0 heterocycles. The van der Waals surface area contributed by atoms with Gasteiger partial charge in [0.05, 0.1) is 0 Å². The van der Waals surface area contributed by atoms with E-state index in [1.54, 1.807) is 6.07 Å². The Balaban J connectivity index is 2.13. The van der Waals surface area contributed by atoms with E-state index in [1.165, 1.54) is 12.1 Å². The third-order valence-electron chi connectivity index (χ3n) is 3.27. The second kappa shape index (κ2) is 6.87. The smallest absolute Gasteiger partial charge is 0.296 e. The van der Waals surface area contributed by atoms with Crippen molar-refractivity contribution < 1.29 is 19.1 Å². The molecule has 0 saturated heterocycles. The van der Waals surface area contributed by atoms with E-state index in [-0.39, 0.29) is 5.56 Å². The minimum Gasteiger partial charge on any atom is -0.507 e. The molecule has 0 aliphatic carbocycles. The molecule has 0 bridgehead atoms. The second-order valence-corrected chi connectivity index (χ2v) is 5.17. The number of aliphatic hydroxyl groups excluding tert-OH is 1. The summed E-state index contributed by atoms with van der Waals surface area (Å²) in [5, 5.41) is 12.3. The van der Waals surface area contributed by atoms with Crippen molar-refractivity contribution in [3.63, 3.8) is 0 Å². The maximum atomic E-state index is 12.8. The Labute approximate surface area is 133 Å². The molecule has 2 aromatic rings. The molecule has 0 saturated carbocycles. The van der Waals surface area contributed by atoms with E-state index in [0.29, 0.717) is 5.69 Å². The molecule has 0 unspecified atom stereocenters. The lowest BCUT2D eigenvalue weighted by molar-refractivity contribution is -0.131. The Hall–Kier alpha value is -2.95. The molecule has 4 nitrogen and oxygen atoms in total. The number of aliphatic hydroxyl groups is 1. The summed E-state index contributed by atoms with van der Waals surface area (Å²) >= 11 is 0. The number of carbonyl (C=O) groups is 2. The summed E-state index contributed by atoms with van der Waals surface area (Å²) in [5.74, 6) is -2.60. The lowest BCUT2D eigenvalue weighted by Gasteiger charge is -2.08. The van der Waals surface area contributed by atoms with E-state index in [1.807, 2.05) is 26.0 Å². The topological polar surface area (TPSA) is 66.4 Å². The number of hydrogen-bond donors (Lipinski definition) is 2. The zero-order chi connectivity index (χ0) is 17.0. The number of nitrogens with one attached hydrogen (secondary N) is 1. The lowest BCUT2D eigenvalue weighted by atomic mass is 10.1. The highest BCUT2D eigenvalue weighted by Crippen LogP contribution is 2.17. The fourth-order valence-electron chi connectivity index (χ4n) is 1.95. The van der Waals surface area contributed by atoms with Crippen molar-refractivity contribution in [3.8, 4) is 0 Å². The molecule has 0 spiro atoms. The average Bonchev–Trinajstić information content (AvgIpc) is 2.51. The van der Waals surface area contributed by atoms with Gasteiger partial charge in [0.1, 0.15) is 11.6 Å². The molecule has 0 fully saturated rings. The Kier molecular flexibility index (Phi) is 4.91. The van der Waals surface area contributed by atoms with Crippen LogP contribution in [-0.4, -0.2) is 16.8 Å². The average molecular weight is 313 g/mol. The largest absolute Gasteiger partial charge is 0.507 e. The van der Waals surface area contributed by atoms with Crippen LogP contribution in [0.25, 0.3) is 5.76 Å². The first-order chi connectivity index (χ1) is 10.9. The van der Waals surface area contributed by atoms with E-state index in [2.05, 4.69) is 5.32 Å². The van der Waals surface area contributed by atoms with Crippen LogP contribution in [-0.2, 0) is 9.59 Å². The molecular weight excluding hydrogens is 297 g/mol. The van der Waals surface area contributed by atoms with Crippen LogP contribution in [0, 0.1) is 19.7 Å². The Morgan fingerprint density at radius 1 is 1.09 bits per heavy atom. The van der Waals surface area contributed by atoms with Gasteiger partial charge in [-0.2, -0.15) is 0 Å². The zero-order valence-electron chi connectivity index (χ0n) is 12.8. The molecule has 2 aromatic carbocycles. The molecule has 0 radical (unpaired) electrons. The highest BCUT2D eigenvalue weighted by atomic mass is 19.1. The minimum atomic E-state index is -0.896. The van der Waals surface area contributed by atoms with Gasteiger partial charge < -0.3 is 10.4 Å². The highest BCUT2D eigenvalue weighted by Gasteiger charge is 2.14. The van der Waals surface area contributed by atoms with E-state index in [9.17, 15) is 19.1 Å². The Morgan fingerprint density at radius 3 is 2.39 bits per heavy atom. The summed E-state index contributed by atoms with van der Waals surface area (Å²) in [4.78, 5) is 23.8. The van der Waals surface area contributed by atoms with Gasteiger partial charge in [0, 0.05) is 17.3 Å².